The largest absolute Gasteiger partial charge is 0.489 e. The maximum atomic E-state index is 14.3. The van der Waals surface area contributed by atoms with Crippen molar-refractivity contribution in [1.29, 1.82) is 0 Å². The van der Waals surface area contributed by atoms with Crippen molar-refractivity contribution < 1.29 is 24.1 Å². The molecule has 2 N–H and O–H groups in total. The van der Waals surface area contributed by atoms with Crippen LogP contribution in [0.2, 0.25) is 5.02 Å². The van der Waals surface area contributed by atoms with Crippen molar-refractivity contribution >= 4 is 28.5 Å². The van der Waals surface area contributed by atoms with E-state index in [0.29, 0.717) is 22.4 Å². The first kappa shape index (κ1) is 18.5. The van der Waals surface area contributed by atoms with Gasteiger partial charge in [-0.15, -0.1) is 0 Å². The van der Waals surface area contributed by atoms with Crippen molar-refractivity contribution in [3.05, 3.63) is 74.3 Å². The van der Waals surface area contributed by atoms with E-state index in [2.05, 4.69) is 0 Å². The van der Waals surface area contributed by atoms with Crippen LogP contribution in [0.3, 0.4) is 0 Å². The van der Waals surface area contributed by atoms with Gasteiger partial charge in [-0.3, -0.25) is 4.79 Å². The lowest BCUT2D eigenvalue weighted by atomic mass is 9.99. The van der Waals surface area contributed by atoms with E-state index in [1.165, 1.54) is 18.3 Å². The quantitative estimate of drug-likeness (QED) is 0.699. The van der Waals surface area contributed by atoms with Crippen molar-refractivity contribution in [3.63, 3.8) is 0 Å². The molecule has 1 unspecified atom stereocenters. The second-order valence-corrected chi connectivity index (χ2v) is 7.02. The minimum absolute atomic E-state index is 0.00261. The Kier molecular flexibility index (Phi) is 4.56. The third-order valence-electron chi connectivity index (χ3n) is 4.84. The van der Waals surface area contributed by atoms with Gasteiger partial charge in [0.05, 0.1) is 28.6 Å². The lowest BCUT2D eigenvalue weighted by Gasteiger charge is -2.28. The number of carbonyl (C=O) groups is 1. The standard InChI is InChI=1S/C20H15ClFNO5/c21-15-3-1-2-11(17(15)22)4-10-5-13-18-16(6-10)28-9-12(8-24)23(18)7-14(19(13)25)20(26)27/h1-3,5-7,12,24H,4,8-9H2,(H,26,27). The fraction of sp³-hybridized carbons (Fsp3) is 0.200. The molecule has 2 heterocycles. The molecule has 4 rings (SSSR count). The molecular formula is C20H15ClFNO5. The third kappa shape index (κ3) is 2.93. The van der Waals surface area contributed by atoms with Crippen LogP contribution in [0, 0.1) is 5.82 Å². The molecule has 1 aromatic heterocycles. The fourth-order valence-corrected chi connectivity index (χ4v) is 3.67. The molecule has 0 bridgehead atoms. The van der Waals surface area contributed by atoms with Gasteiger partial charge < -0.3 is 19.5 Å². The summed E-state index contributed by atoms with van der Waals surface area (Å²) in [5.74, 6) is -1.52. The topological polar surface area (TPSA) is 88.8 Å². The number of aromatic carboxylic acids is 1. The van der Waals surface area contributed by atoms with Gasteiger partial charge in [-0.1, -0.05) is 23.7 Å². The number of aromatic nitrogens is 1. The monoisotopic (exact) mass is 403 g/mol. The van der Waals surface area contributed by atoms with Gasteiger partial charge in [-0.05, 0) is 29.3 Å². The van der Waals surface area contributed by atoms with Gasteiger partial charge in [-0.25, -0.2) is 9.18 Å². The predicted molar refractivity (Wildman–Crippen MR) is 101 cm³/mol. The van der Waals surface area contributed by atoms with E-state index in [1.807, 2.05) is 0 Å². The smallest absolute Gasteiger partial charge is 0.341 e. The summed E-state index contributed by atoms with van der Waals surface area (Å²) < 4.78 is 21.5. The third-order valence-corrected chi connectivity index (χ3v) is 5.13. The van der Waals surface area contributed by atoms with Gasteiger partial charge in [-0.2, -0.15) is 0 Å². The first-order chi connectivity index (χ1) is 13.4. The molecule has 6 nitrogen and oxygen atoms in total. The van der Waals surface area contributed by atoms with Crippen LogP contribution >= 0.6 is 11.6 Å². The summed E-state index contributed by atoms with van der Waals surface area (Å²) in [6.07, 6.45) is 1.38. The Balaban J connectivity index is 1.95. The average molecular weight is 404 g/mol. The van der Waals surface area contributed by atoms with E-state index >= 15 is 0 Å². The number of nitrogens with zero attached hydrogens (tertiary/aromatic N) is 1. The molecule has 0 saturated heterocycles. The Morgan fingerprint density at radius 3 is 2.86 bits per heavy atom. The summed E-state index contributed by atoms with van der Waals surface area (Å²) in [5, 5.41) is 19.1. The molecule has 144 valence electrons. The second kappa shape index (κ2) is 6.92. The maximum Gasteiger partial charge on any atom is 0.341 e. The summed E-state index contributed by atoms with van der Waals surface area (Å²) in [4.78, 5) is 24.2. The molecule has 1 atom stereocenters. The highest BCUT2D eigenvalue weighted by Gasteiger charge is 2.26. The van der Waals surface area contributed by atoms with Gasteiger partial charge in [0.2, 0.25) is 5.43 Å². The second-order valence-electron chi connectivity index (χ2n) is 6.61. The number of ether oxygens (including phenoxy) is 1. The van der Waals surface area contributed by atoms with Crippen LogP contribution in [0.15, 0.2) is 41.3 Å². The Morgan fingerprint density at radius 1 is 1.36 bits per heavy atom. The van der Waals surface area contributed by atoms with Crippen molar-refractivity contribution in [1.82, 2.24) is 4.57 Å². The highest BCUT2D eigenvalue weighted by Crippen LogP contribution is 2.34. The summed E-state index contributed by atoms with van der Waals surface area (Å²) in [6.45, 7) is -0.151. The zero-order valence-corrected chi connectivity index (χ0v) is 15.2. The van der Waals surface area contributed by atoms with Gasteiger partial charge in [0.25, 0.3) is 0 Å². The molecule has 2 aromatic carbocycles. The lowest BCUT2D eigenvalue weighted by Crippen LogP contribution is -2.29. The van der Waals surface area contributed by atoms with E-state index < -0.39 is 28.8 Å². The summed E-state index contributed by atoms with van der Waals surface area (Å²) in [5.41, 5.74) is 0.284. The minimum Gasteiger partial charge on any atom is -0.489 e. The normalized spacial score (nSPS) is 15.5. The van der Waals surface area contributed by atoms with Gasteiger partial charge in [0, 0.05) is 12.6 Å². The van der Waals surface area contributed by atoms with Crippen LogP contribution in [0.25, 0.3) is 10.9 Å². The van der Waals surface area contributed by atoms with Crippen LogP contribution in [0.4, 0.5) is 4.39 Å². The number of halogens is 2. The number of aliphatic hydroxyl groups is 1. The van der Waals surface area contributed by atoms with Crippen molar-refractivity contribution in [2.75, 3.05) is 13.2 Å². The molecule has 1 aliphatic rings. The van der Waals surface area contributed by atoms with Crippen LogP contribution in [0.5, 0.6) is 5.75 Å². The van der Waals surface area contributed by atoms with Crippen molar-refractivity contribution in [3.8, 4) is 5.75 Å². The molecule has 1 aliphatic heterocycles. The first-order valence-electron chi connectivity index (χ1n) is 8.52. The average Bonchev–Trinajstić information content (AvgIpc) is 2.67. The number of benzene rings is 2. The maximum absolute atomic E-state index is 14.3. The number of hydrogen-bond acceptors (Lipinski definition) is 4. The van der Waals surface area contributed by atoms with E-state index in [0.717, 1.165) is 0 Å². The van der Waals surface area contributed by atoms with Crippen LogP contribution in [0.1, 0.15) is 27.5 Å². The summed E-state index contributed by atoms with van der Waals surface area (Å²) in [6, 6.07) is 7.38. The number of hydrogen-bond donors (Lipinski definition) is 2. The number of carboxylic acid groups (broad SMARTS) is 1. The molecule has 28 heavy (non-hydrogen) atoms. The molecule has 0 amide bonds. The molecule has 0 spiro atoms. The Morgan fingerprint density at radius 2 is 2.14 bits per heavy atom. The Labute approximate surface area is 163 Å². The van der Waals surface area contributed by atoms with E-state index in [-0.39, 0.29) is 30.0 Å². The molecule has 0 fully saturated rings. The van der Waals surface area contributed by atoms with Gasteiger partial charge >= 0.3 is 5.97 Å². The zero-order chi connectivity index (χ0) is 20.0. The Hall–Kier alpha value is -2.90. The SMILES string of the molecule is O=C(O)c1cn2c3c(cc(Cc4cccc(Cl)c4F)cc3c1=O)OCC2CO. The van der Waals surface area contributed by atoms with Crippen LogP contribution in [-0.4, -0.2) is 34.0 Å². The molecule has 0 saturated carbocycles. The molecular weight excluding hydrogens is 389 g/mol. The molecule has 8 heteroatoms. The van der Waals surface area contributed by atoms with E-state index in [9.17, 15) is 24.2 Å². The minimum atomic E-state index is -1.35. The van der Waals surface area contributed by atoms with E-state index in [4.69, 9.17) is 16.3 Å². The van der Waals surface area contributed by atoms with Crippen molar-refractivity contribution in [2.45, 2.75) is 12.5 Å². The highest BCUT2D eigenvalue weighted by atomic mass is 35.5. The fourth-order valence-electron chi connectivity index (χ4n) is 3.48. The van der Waals surface area contributed by atoms with E-state index in [1.54, 1.807) is 22.8 Å². The molecule has 3 aromatic rings. The number of pyridine rings is 1. The lowest BCUT2D eigenvalue weighted by molar-refractivity contribution is 0.0693. The zero-order valence-electron chi connectivity index (χ0n) is 14.5. The number of rotatable bonds is 4. The highest BCUT2D eigenvalue weighted by molar-refractivity contribution is 6.30. The number of aliphatic hydroxyl groups excluding tert-OH is 1. The molecule has 0 aliphatic carbocycles. The number of carboxylic acids is 1. The van der Waals surface area contributed by atoms with Crippen molar-refractivity contribution in [2.24, 2.45) is 0 Å². The summed E-state index contributed by atoms with van der Waals surface area (Å²) >= 11 is 5.83. The van der Waals surface area contributed by atoms with Gasteiger partial charge in [0.1, 0.15) is 23.7 Å². The first-order valence-corrected chi connectivity index (χ1v) is 8.90. The van der Waals surface area contributed by atoms with Gasteiger partial charge in [0.15, 0.2) is 0 Å². The molecule has 0 radical (unpaired) electrons. The summed E-state index contributed by atoms with van der Waals surface area (Å²) in [7, 11) is 0. The van der Waals surface area contributed by atoms with Crippen LogP contribution in [-0.2, 0) is 6.42 Å². The Bertz CT molecular complexity index is 1170. The predicted octanol–water partition coefficient (Wildman–Crippen LogP) is 3.01. The van der Waals surface area contributed by atoms with Crippen LogP contribution < -0.4 is 10.2 Å².